The lowest BCUT2D eigenvalue weighted by atomic mass is 10.0. The Kier molecular flexibility index (Phi) is 13.9. The number of carboxylic acids is 2. The van der Waals surface area contributed by atoms with Gasteiger partial charge in [-0.25, -0.2) is 4.79 Å². The fraction of sp³-hybridized carbons (Fsp3) is 0.700. The van der Waals surface area contributed by atoms with Crippen LogP contribution < -0.4 is 33.2 Å². The van der Waals surface area contributed by atoms with Crippen LogP contribution in [0.15, 0.2) is 4.99 Å². The second-order valence-corrected chi connectivity index (χ2v) is 8.47. The molecule has 5 atom stereocenters. The zero-order valence-electron chi connectivity index (χ0n) is 20.1. The van der Waals surface area contributed by atoms with Crippen molar-refractivity contribution in [2.24, 2.45) is 28.1 Å². The number of rotatable bonds is 16. The van der Waals surface area contributed by atoms with Crippen molar-refractivity contribution in [3.05, 3.63) is 0 Å². The van der Waals surface area contributed by atoms with Crippen LogP contribution in [-0.2, 0) is 24.0 Å². The number of hydrogen-bond donors (Lipinski definition) is 9. The number of aliphatic hydroxyl groups excluding tert-OH is 1. The van der Waals surface area contributed by atoms with E-state index in [0.717, 1.165) is 0 Å². The van der Waals surface area contributed by atoms with Crippen LogP contribution in [0, 0.1) is 5.92 Å². The van der Waals surface area contributed by atoms with E-state index in [4.69, 9.17) is 22.3 Å². The third-order valence-corrected chi connectivity index (χ3v) is 4.70. The lowest BCUT2D eigenvalue weighted by molar-refractivity contribution is -0.147. The molecule has 0 saturated carbocycles. The quantitative estimate of drug-likeness (QED) is 0.0574. The molecule has 0 rings (SSSR count). The fourth-order valence-electron chi connectivity index (χ4n) is 2.96. The van der Waals surface area contributed by atoms with Gasteiger partial charge in [0.25, 0.3) is 0 Å². The first-order chi connectivity index (χ1) is 16.1. The molecule has 0 aromatic carbocycles. The standard InChI is InChI=1S/C20H37N7O8/c1-9(2)7-11(21)16(31)27-15(10(3)28)18(33)25-12(5-4-6-24-20(22)23)17(32)26-13(19(34)35)8-14(29)30/h9-13,15,28H,4-8,21H2,1-3H3,(H,25,33)(H,26,32)(H,27,31)(H,29,30)(H,34,35)(H4,22,23,24). The largest absolute Gasteiger partial charge is 0.481 e. The smallest absolute Gasteiger partial charge is 0.326 e. The van der Waals surface area contributed by atoms with E-state index in [1.54, 1.807) is 0 Å². The molecule has 0 aromatic rings. The zero-order chi connectivity index (χ0) is 27.3. The molecule has 0 aliphatic carbocycles. The van der Waals surface area contributed by atoms with Gasteiger partial charge in [0.05, 0.1) is 18.6 Å². The molecule has 15 heteroatoms. The average Bonchev–Trinajstić information content (AvgIpc) is 2.71. The van der Waals surface area contributed by atoms with Crippen molar-refractivity contribution in [2.75, 3.05) is 6.54 Å². The zero-order valence-corrected chi connectivity index (χ0v) is 20.1. The fourth-order valence-corrected chi connectivity index (χ4v) is 2.96. The lowest BCUT2D eigenvalue weighted by Gasteiger charge is -2.26. The molecule has 0 aliphatic rings. The van der Waals surface area contributed by atoms with Crippen molar-refractivity contribution in [1.29, 1.82) is 0 Å². The second-order valence-electron chi connectivity index (χ2n) is 8.47. The normalized spacial score (nSPS) is 15.1. The number of hydrogen-bond acceptors (Lipinski definition) is 8. The Bertz CT molecular complexity index is 783. The number of amides is 3. The summed E-state index contributed by atoms with van der Waals surface area (Å²) in [6.07, 6.45) is -1.82. The van der Waals surface area contributed by atoms with E-state index in [1.165, 1.54) is 6.92 Å². The number of carboxylic acid groups (broad SMARTS) is 2. The summed E-state index contributed by atoms with van der Waals surface area (Å²) in [4.78, 5) is 63.9. The van der Waals surface area contributed by atoms with Gasteiger partial charge in [-0.05, 0) is 32.1 Å². The van der Waals surface area contributed by atoms with Crippen LogP contribution in [0.2, 0.25) is 0 Å². The summed E-state index contributed by atoms with van der Waals surface area (Å²) < 4.78 is 0. The first-order valence-electron chi connectivity index (χ1n) is 11.0. The summed E-state index contributed by atoms with van der Waals surface area (Å²) in [5.41, 5.74) is 16.3. The molecule has 0 fully saturated rings. The van der Waals surface area contributed by atoms with Crippen LogP contribution in [-0.4, -0.2) is 87.8 Å². The van der Waals surface area contributed by atoms with Crippen molar-refractivity contribution in [3.63, 3.8) is 0 Å². The van der Waals surface area contributed by atoms with E-state index in [9.17, 15) is 34.2 Å². The van der Waals surface area contributed by atoms with E-state index in [0.29, 0.717) is 6.42 Å². The predicted octanol–water partition coefficient (Wildman–Crippen LogP) is -3.19. The third kappa shape index (κ3) is 13.1. The maximum absolute atomic E-state index is 12.8. The van der Waals surface area contributed by atoms with Crippen LogP contribution in [0.4, 0.5) is 0 Å². The number of aliphatic carboxylic acids is 2. The molecule has 0 radical (unpaired) electrons. The van der Waals surface area contributed by atoms with Crippen LogP contribution in [0.25, 0.3) is 0 Å². The highest BCUT2D eigenvalue weighted by molar-refractivity contribution is 5.94. The van der Waals surface area contributed by atoms with Gasteiger partial charge in [0.15, 0.2) is 5.96 Å². The van der Waals surface area contributed by atoms with Crippen LogP contribution in [0.5, 0.6) is 0 Å². The molecule has 5 unspecified atom stereocenters. The van der Waals surface area contributed by atoms with Crippen LogP contribution in [0.1, 0.15) is 46.5 Å². The van der Waals surface area contributed by atoms with Gasteiger partial charge in [-0.1, -0.05) is 13.8 Å². The molecule has 12 N–H and O–H groups in total. The minimum Gasteiger partial charge on any atom is -0.481 e. The second kappa shape index (κ2) is 15.4. The van der Waals surface area contributed by atoms with Gasteiger partial charge in [0, 0.05) is 6.54 Å². The Morgan fingerprint density at radius 1 is 0.886 bits per heavy atom. The molecule has 15 nitrogen and oxygen atoms in total. The molecule has 200 valence electrons. The monoisotopic (exact) mass is 503 g/mol. The van der Waals surface area contributed by atoms with E-state index >= 15 is 0 Å². The molecular weight excluding hydrogens is 466 g/mol. The minimum absolute atomic E-state index is 0.0684. The van der Waals surface area contributed by atoms with E-state index in [-0.39, 0.29) is 31.3 Å². The SMILES string of the molecule is CC(C)CC(N)C(=O)NC(C(=O)NC(CCCN=C(N)N)C(=O)NC(CC(=O)O)C(=O)O)C(C)O. The molecule has 0 saturated heterocycles. The molecule has 0 bridgehead atoms. The number of carbonyl (C=O) groups is 5. The van der Waals surface area contributed by atoms with Crippen molar-refractivity contribution < 1.29 is 39.3 Å². The Morgan fingerprint density at radius 2 is 1.46 bits per heavy atom. The molecule has 0 aromatic heterocycles. The number of nitrogens with zero attached hydrogens (tertiary/aromatic N) is 1. The number of nitrogens with two attached hydrogens (primary N) is 3. The number of aliphatic imine (C=N–C) groups is 1. The average molecular weight is 504 g/mol. The molecule has 0 heterocycles. The highest BCUT2D eigenvalue weighted by atomic mass is 16.4. The molecular formula is C20H37N7O8. The molecule has 0 aliphatic heterocycles. The minimum atomic E-state index is -1.75. The summed E-state index contributed by atoms with van der Waals surface area (Å²) in [6, 6.07) is -5.51. The van der Waals surface area contributed by atoms with Gasteiger partial charge in [0.2, 0.25) is 17.7 Å². The summed E-state index contributed by atoms with van der Waals surface area (Å²) in [7, 11) is 0. The topological polar surface area (TPSA) is 273 Å². The highest BCUT2D eigenvalue weighted by Crippen LogP contribution is 2.06. The van der Waals surface area contributed by atoms with E-state index < -0.39 is 66.4 Å². The van der Waals surface area contributed by atoms with Crippen LogP contribution >= 0.6 is 0 Å². The van der Waals surface area contributed by atoms with Gasteiger partial charge in [-0.3, -0.25) is 24.2 Å². The van der Waals surface area contributed by atoms with Crippen LogP contribution in [0.3, 0.4) is 0 Å². The van der Waals surface area contributed by atoms with Gasteiger partial charge in [0.1, 0.15) is 18.1 Å². The van der Waals surface area contributed by atoms with Crippen molar-refractivity contribution in [1.82, 2.24) is 16.0 Å². The lowest BCUT2D eigenvalue weighted by Crippen LogP contribution is -2.59. The number of nitrogens with one attached hydrogen (secondary N) is 3. The summed E-state index contributed by atoms with van der Waals surface area (Å²) in [5, 5.41) is 34.8. The molecule has 3 amide bonds. The predicted molar refractivity (Wildman–Crippen MR) is 125 cm³/mol. The van der Waals surface area contributed by atoms with E-state index in [2.05, 4.69) is 20.9 Å². The Balaban J connectivity index is 5.58. The first kappa shape index (κ1) is 31.5. The summed E-state index contributed by atoms with van der Waals surface area (Å²) in [6.45, 7) is 5.04. The van der Waals surface area contributed by atoms with Crippen molar-refractivity contribution >= 4 is 35.6 Å². The number of carbonyl (C=O) groups excluding carboxylic acids is 3. The summed E-state index contributed by atoms with van der Waals surface area (Å²) in [5.74, 6) is -5.74. The van der Waals surface area contributed by atoms with E-state index in [1.807, 2.05) is 13.8 Å². The Morgan fingerprint density at radius 3 is 1.91 bits per heavy atom. The van der Waals surface area contributed by atoms with Crippen molar-refractivity contribution in [2.45, 2.75) is 76.7 Å². The Labute approximate surface area is 202 Å². The number of guanidine groups is 1. The van der Waals surface area contributed by atoms with Gasteiger partial charge >= 0.3 is 11.9 Å². The first-order valence-corrected chi connectivity index (χ1v) is 11.0. The van der Waals surface area contributed by atoms with Gasteiger partial charge < -0.3 is 48.5 Å². The summed E-state index contributed by atoms with van der Waals surface area (Å²) >= 11 is 0. The third-order valence-electron chi connectivity index (χ3n) is 4.70. The number of aliphatic hydroxyl groups is 1. The van der Waals surface area contributed by atoms with Crippen molar-refractivity contribution in [3.8, 4) is 0 Å². The molecule has 0 spiro atoms. The maximum atomic E-state index is 12.8. The highest BCUT2D eigenvalue weighted by Gasteiger charge is 2.32. The molecule has 35 heavy (non-hydrogen) atoms. The van der Waals surface area contributed by atoms with Gasteiger partial charge in [-0.15, -0.1) is 0 Å². The van der Waals surface area contributed by atoms with Gasteiger partial charge in [-0.2, -0.15) is 0 Å². The maximum Gasteiger partial charge on any atom is 0.326 e. The Hall–Kier alpha value is -3.46.